The van der Waals surface area contributed by atoms with Crippen LogP contribution >= 0.6 is 0 Å². The summed E-state index contributed by atoms with van der Waals surface area (Å²) in [4.78, 5) is 25.8. The summed E-state index contributed by atoms with van der Waals surface area (Å²) in [6.07, 6.45) is 2.01. The maximum absolute atomic E-state index is 13.1. The van der Waals surface area contributed by atoms with E-state index >= 15 is 0 Å². The van der Waals surface area contributed by atoms with Gasteiger partial charge in [-0.1, -0.05) is 12.1 Å². The fourth-order valence-electron chi connectivity index (χ4n) is 4.08. The molecule has 0 spiro atoms. The number of allylic oxidation sites excluding steroid dienone is 2. The average molecular weight is 424 g/mol. The van der Waals surface area contributed by atoms with Crippen molar-refractivity contribution in [2.75, 3.05) is 27.6 Å². The van der Waals surface area contributed by atoms with E-state index in [0.29, 0.717) is 29.4 Å². The van der Waals surface area contributed by atoms with Crippen LogP contribution in [0.2, 0.25) is 0 Å². The number of benzene rings is 2. The van der Waals surface area contributed by atoms with Crippen molar-refractivity contribution in [2.24, 2.45) is 5.92 Å². The minimum atomic E-state index is -0.921. The van der Waals surface area contributed by atoms with Gasteiger partial charge in [-0.15, -0.1) is 0 Å². The number of rotatable bonds is 6. The van der Waals surface area contributed by atoms with Crippen LogP contribution in [0.25, 0.3) is 5.57 Å². The topological polar surface area (TPSA) is 80.3 Å². The normalized spacial score (nSPS) is 19.6. The molecule has 0 aromatic heterocycles. The second-order valence-electron chi connectivity index (χ2n) is 7.29. The van der Waals surface area contributed by atoms with E-state index in [1.54, 1.807) is 27.2 Å². The van der Waals surface area contributed by atoms with E-state index in [9.17, 15) is 9.59 Å². The molecule has 2 aromatic rings. The van der Waals surface area contributed by atoms with Crippen molar-refractivity contribution in [1.82, 2.24) is 0 Å². The van der Waals surface area contributed by atoms with Gasteiger partial charge in [-0.2, -0.15) is 0 Å². The molecule has 0 saturated carbocycles. The lowest BCUT2D eigenvalue weighted by Gasteiger charge is -2.30. The zero-order valence-corrected chi connectivity index (χ0v) is 17.7. The first-order chi connectivity index (χ1) is 15.0. The van der Waals surface area contributed by atoms with Crippen LogP contribution in [0.15, 0.2) is 42.5 Å². The van der Waals surface area contributed by atoms with Crippen LogP contribution in [0.4, 0.5) is 0 Å². The van der Waals surface area contributed by atoms with Crippen LogP contribution in [0.1, 0.15) is 30.4 Å². The highest BCUT2D eigenvalue weighted by Crippen LogP contribution is 2.44. The molecule has 2 unspecified atom stereocenters. The Morgan fingerprint density at radius 3 is 2.55 bits per heavy atom. The van der Waals surface area contributed by atoms with Gasteiger partial charge in [0.05, 0.1) is 20.8 Å². The number of fused-ring (bicyclic) bond motifs is 1. The molecule has 2 aliphatic rings. The molecule has 162 valence electrons. The lowest BCUT2D eigenvalue weighted by atomic mass is 9.73. The van der Waals surface area contributed by atoms with Gasteiger partial charge < -0.3 is 23.7 Å². The summed E-state index contributed by atoms with van der Waals surface area (Å²) in [6, 6.07) is 11.0. The Hall–Kier alpha value is -3.48. The van der Waals surface area contributed by atoms with E-state index in [1.165, 1.54) is 6.08 Å². The Morgan fingerprint density at radius 1 is 1.03 bits per heavy atom. The van der Waals surface area contributed by atoms with Gasteiger partial charge >= 0.3 is 5.97 Å². The quantitative estimate of drug-likeness (QED) is 0.516. The fraction of sp³-hybridized carbons (Fsp3) is 0.333. The van der Waals surface area contributed by atoms with E-state index in [-0.39, 0.29) is 19.2 Å². The second-order valence-corrected chi connectivity index (χ2v) is 7.29. The van der Waals surface area contributed by atoms with Crippen molar-refractivity contribution in [3.8, 4) is 23.0 Å². The number of esters is 1. The number of ether oxygens (including phenoxy) is 5. The van der Waals surface area contributed by atoms with Gasteiger partial charge in [0, 0.05) is 5.92 Å². The molecular formula is C24H24O7. The Kier molecular flexibility index (Phi) is 5.84. The van der Waals surface area contributed by atoms with Crippen molar-refractivity contribution in [3.05, 3.63) is 53.6 Å². The molecule has 0 N–H and O–H groups in total. The van der Waals surface area contributed by atoms with Crippen LogP contribution in [0.5, 0.6) is 23.0 Å². The number of carbonyl (C=O) groups is 2. The number of carbonyl (C=O) groups excluding carboxylic acids is 2. The second kappa shape index (κ2) is 8.71. The predicted molar refractivity (Wildman–Crippen MR) is 113 cm³/mol. The zero-order chi connectivity index (χ0) is 22.0. The van der Waals surface area contributed by atoms with Crippen LogP contribution < -0.4 is 18.9 Å². The molecule has 0 radical (unpaired) electrons. The Morgan fingerprint density at radius 2 is 1.81 bits per heavy atom. The van der Waals surface area contributed by atoms with Gasteiger partial charge in [-0.3, -0.25) is 9.59 Å². The van der Waals surface area contributed by atoms with E-state index in [1.807, 2.05) is 30.3 Å². The van der Waals surface area contributed by atoms with Crippen molar-refractivity contribution < 1.29 is 33.3 Å². The first kappa shape index (κ1) is 20.8. The summed E-state index contributed by atoms with van der Waals surface area (Å²) in [6.45, 7) is 2.11. The molecule has 2 atom stereocenters. The summed E-state index contributed by atoms with van der Waals surface area (Å²) < 4.78 is 26.8. The van der Waals surface area contributed by atoms with Crippen LogP contribution in [-0.4, -0.2) is 39.4 Å². The third kappa shape index (κ3) is 3.95. The van der Waals surface area contributed by atoms with E-state index in [0.717, 1.165) is 16.7 Å². The lowest BCUT2D eigenvalue weighted by molar-refractivity contribution is -0.151. The molecule has 7 nitrogen and oxygen atoms in total. The largest absolute Gasteiger partial charge is 0.493 e. The number of hydrogen-bond acceptors (Lipinski definition) is 7. The summed E-state index contributed by atoms with van der Waals surface area (Å²) in [5.41, 5.74) is 2.48. The van der Waals surface area contributed by atoms with Crippen molar-refractivity contribution >= 4 is 17.3 Å². The Balaban J connectivity index is 1.74. The number of hydrogen-bond donors (Lipinski definition) is 0. The molecule has 0 saturated heterocycles. The predicted octanol–water partition coefficient (Wildman–Crippen LogP) is 3.75. The van der Waals surface area contributed by atoms with Crippen molar-refractivity contribution in [1.29, 1.82) is 0 Å². The summed E-state index contributed by atoms with van der Waals surface area (Å²) in [5, 5.41) is 0. The van der Waals surface area contributed by atoms with Crippen molar-refractivity contribution in [2.45, 2.75) is 19.3 Å². The molecule has 0 bridgehead atoms. The Bertz CT molecular complexity index is 1040. The molecule has 0 fully saturated rings. The molecule has 31 heavy (non-hydrogen) atoms. The molecule has 0 amide bonds. The summed E-state index contributed by atoms with van der Waals surface area (Å²) in [7, 11) is 3.11. The SMILES string of the molecule is CCOC(=O)C1C(=O)C=C(c2ccc3c(c2)OCO3)CC1c1ccc(OC)c(OC)c1. The van der Waals surface area contributed by atoms with Gasteiger partial charge in [0.2, 0.25) is 6.79 Å². The monoisotopic (exact) mass is 424 g/mol. The third-order valence-corrected chi connectivity index (χ3v) is 5.58. The minimum absolute atomic E-state index is 0.177. The summed E-state index contributed by atoms with van der Waals surface area (Å²) >= 11 is 0. The van der Waals surface area contributed by atoms with Gasteiger partial charge in [0.25, 0.3) is 0 Å². The van der Waals surface area contributed by atoms with Crippen LogP contribution in [-0.2, 0) is 14.3 Å². The molecule has 4 rings (SSSR count). The summed E-state index contributed by atoms with van der Waals surface area (Å²) in [5.74, 6) is 0.299. The first-order valence-corrected chi connectivity index (χ1v) is 10.1. The number of ketones is 1. The lowest BCUT2D eigenvalue weighted by Crippen LogP contribution is -2.34. The highest BCUT2D eigenvalue weighted by atomic mass is 16.7. The number of methoxy groups -OCH3 is 2. The van der Waals surface area contributed by atoms with E-state index in [4.69, 9.17) is 23.7 Å². The molecule has 1 aliphatic carbocycles. The molecule has 2 aromatic carbocycles. The van der Waals surface area contributed by atoms with E-state index in [2.05, 4.69) is 0 Å². The molecular weight excluding hydrogens is 400 g/mol. The van der Waals surface area contributed by atoms with Gasteiger partial charge in [0.15, 0.2) is 28.8 Å². The van der Waals surface area contributed by atoms with Gasteiger partial charge in [-0.05, 0) is 60.4 Å². The third-order valence-electron chi connectivity index (χ3n) is 5.58. The van der Waals surface area contributed by atoms with E-state index < -0.39 is 17.8 Å². The first-order valence-electron chi connectivity index (χ1n) is 10.1. The van der Waals surface area contributed by atoms with Crippen molar-refractivity contribution in [3.63, 3.8) is 0 Å². The fourth-order valence-corrected chi connectivity index (χ4v) is 4.08. The van der Waals surface area contributed by atoms with Crippen LogP contribution in [0.3, 0.4) is 0 Å². The molecule has 7 heteroatoms. The highest BCUT2D eigenvalue weighted by Gasteiger charge is 2.40. The smallest absolute Gasteiger partial charge is 0.317 e. The maximum Gasteiger partial charge on any atom is 0.317 e. The Labute approximate surface area is 180 Å². The molecule has 1 heterocycles. The average Bonchev–Trinajstić information content (AvgIpc) is 3.26. The zero-order valence-electron chi connectivity index (χ0n) is 17.7. The minimum Gasteiger partial charge on any atom is -0.493 e. The standard InChI is InChI=1S/C24H24O7/c1-4-29-24(26)23-17(15-6-7-19(27-2)21(12-15)28-3)9-16(10-18(23)25)14-5-8-20-22(11-14)31-13-30-20/h5-8,10-12,17,23H,4,9,13H2,1-3H3. The van der Waals surface area contributed by atoms with Crippen LogP contribution in [0, 0.1) is 5.92 Å². The van der Waals surface area contributed by atoms with Gasteiger partial charge in [0.1, 0.15) is 5.92 Å². The molecule has 1 aliphatic heterocycles. The van der Waals surface area contributed by atoms with Gasteiger partial charge in [-0.25, -0.2) is 0 Å². The maximum atomic E-state index is 13.1. The highest BCUT2D eigenvalue weighted by molar-refractivity contribution is 6.10.